The Morgan fingerprint density at radius 3 is 1.62 bits per heavy atom. The fraction of sp³-hybridized carbons (Fsp3) is 0.639. The van der Waals surface area contributed by atoms with E-state index < -0.39 is 0 Å². The summed E-state index contributed by atoms with van der Waals surface area (Å²) in [6.45, 7) is 4.55. The van der Waals surface area contributed by atoms with Crippen molar-refractivity contribution in [2.24, 2.45) is 0 Å². The number of ketones is 1. The van der Waals surface area contributed by atoms with Crippen LogP contribution in [-0.2, 0) is 0 Å². The van der Waals surface area contributed by atoms with Gasteiger partial charge in [-0.3, -0.25) is 4.79 Å². The summed E-state index contributed by atoms with van der Waals surface area (Å²) in [6, 6.07) is 17.6. The molecule has 0 aromatic heterocycles. The number of hydrogen-bond acceptors (Lipinski definition) is 2. The zero-order valence-corrected chi connectivity index (χ0v) is 28.3. The van der Waals surface area contributed by atoms with Gasteiger partial charge in [-0.15, -0.1) is 4.65 Å². The average Bonchev–Trinajstić information content (AvgIpc) is 2.94. The molecule has 0 saturated carbocycles. The van der Waals surface area contributed by atoms with Gasteiger partial charge < -0.3 is 28.8 Å². The highest BCUT2D eigenvalue weighted by Crippen LogP contribution is 2.28. The number of carbonyl (C=O) groups is 1. The maximum Gasteiger partial charge on any atom is 0.201 e. The number of hydroxylamine groups is 3. The van der Waals surface area contributed by atoms with Crippen molar-refractivity contribution in [3.63, 3.8) is 0 Å². The van der Waals surface area contributed by atoms with Crippen molar-refractivity contribution in [2.75, 3.05) is 14.1 Å². The van der Waals surface area contributed by atoms with E-state index in [0.717, 1.165) is 19.3 Å². The first kappa shape index (κ1) is 36.6. The molecular weight excluding hydrogens is 605 g/mol. The van der Waals surface area contributed by atoms with Gasteiger partial charge in [0, 0.05) is 18.4 Å². The van der Waals surface area contributed by atoms with E-state index in [2.05, 4.69) is 27.9 Å². The first-order chi connectivity index (χ1) is 19.0. The monoisotopic (exact) mass is 663 g/mol. The molecule has 0 radical (unpaired) electrons. The lowest BCUT2D eigenvalue weighted by molar-refractivity contribution is -1.07. The minimum absolute atomic E-state index is 0. The summed E-state index contributed by atoms with van der Waals surface area (Å²) in [5.74, 6) is 0.689. The Kier molecular flexibility index (Phi) is 20.4. The Morgan fingerprint density at radius 1 is 0.625 bits per heavy atom. The number of carbonyl (C=O) groups excluding carboxylic acids is 1. The number of benzene rings is 2. The van der Waals surface area contributed by atoms with Gasteiger partial charge in [-0.2, -0.15) is 0 Å². The standard InChI is InChI=1S/C36H58NO2.HI/c1-5-7-8-9-10-11-12-13-14-15-16-17-18-19-23-29-33(26-6-2)37(3,4)39-35-31-25-24-30-34(35)36(38)32-27-21-20-22-28-32;/h20-22,24-25,27-28,30-31,33H,5-19,23,26,29H2,1-4H3;1H/q+1;/p-1. The van der Waals surface area contributed by atoms with Crippen molar-refractivity contribution in [2.45, 2.75) is 135 Å². The highest BCUT2D eigenvalue weighted by Gasteiger charge is 2.32. The van der Waals surface area contributed by atoms with Gasteiger partial charge >= 0.3 is 0 Å². The van der Waals surface area contributed by atoms with E-state index in [9.17, 15) is 4.79 Å². The fourth-order valence-corrected chi connectivity index (χ4v) is 5.66. The van der Waals surface area contributed by atoms with E-state index in [0.29, 0.717) is 27.6 Å². The van der Waals surface area contributed by atoms with E-state index in [4.69, 9.17) is 4.84 Å². The van der Waals surface area contributed by atoms with Crippen molar-refractivity contribution >= 4 is 5.78 Å². The second kappa shape index (κ2) is 22.2. The third-order valence-electron chi connectivity index (χ3n) is 8.14. The number of unbranched alkanes of at least 4 members (excludes halogenated alkanes) is 14. The van der Waals surface area contributed by atoms with Crippen LogP contribution in [0.4, 0.5) is 0 Å². The quantitative estimate of drug-likeness (QED) is 0.0400. The fourth-order valence-electron chi connectivity index (χ4n) is 5.66. The highest BCUT2D eigenvalue weighted by molar-refractivity contribution is 6.10. The molecule has 0 saturated heterocycles. The van der Waals surface area contributed by atoms with Crippen molar-refractivity contribution in [1.29, 1.82) is 0 Å². The summed E-state index contributed by atoms with van der Waals surface area (Å²) >= 11 is 0. The Hall–Kier alpha value is -1.40. The predicted octanol–water partition coefficient (Wildman–Crippen LogP) is 7.72. The molecule has 0 aliphatic rings. The minimum Gasteiger partial charge on any atom is -1.00 e. The lowest BCUT2D eigenvalue weighted by Crippen LogP contribution is -3.00. The van der Waals surface area contributed by atoms with E-state index >= 15 is 0 Å². The number of para-hydroxylation sites is 1. The van der Waals surface area contributed by atoms with Crippen LogP contribution < -0.4 is 28.8 Å². The molecule has 2 aromatic rings. The summed E-state index contributed by atoms with van der Waals surface area (Å²) in [7, 11) is 4.30. The molecule has 0 aliphatic carbocycles. The third-order valence-corrected chi connectivity index (χ3v) is 8.14. The van der Waals surface area contributed by atoms with E-state index in [1.807, 2.05) is 54.6 Å². The molecule has 0 N–H and O–H groups in total. The van der Waals surface area contributed by atoms with E-state index in [-0.39, 0.29) is 29.8 Å². The van der Waals surface area contributed by atoms with E-state index in [1.54, 1.807) is 0 Å². The summed E-state index contributed by atoms with van der Waals surface area (Å²) < 4.78 is 0.450. The Labute approximate surface area is 264 Å². The number of nitrogens with zero attached hydrogens (tertiary/aromatic N) is 1. The number of halogens is 1. The highest BCUT2D eigenvalue weighted by atomic mass is 127. The van der Waals surface area contributed by atoms with Crippen molar-refractivity contribution in [1.82, 2.24) is 0 Å². The molecule has 2 aromatic carbocycles. The molecule has 0 heterocycles. The van der Waals surface area contributed by atoms with Crippen LogP contribution >= 0.6 is 0 Å². The molecule has 2 rings (SSSR count). The lowest BCUT2D eigenvalue weighted by Gasteiger charge is -2.36. The summed E-state index contributed by atoms with van der Waals surface area (Å²) in [5.41, 5.74) is 1.33. The third kappa shape index (κ3) is 14.5. The van der Waals surface area contributed by atoms with Gasteiger partial charge in [0.25, 0.3) is 0 Å². The van der Waals surface area contributed by atoms with Gasteiger partial charge in [0.15, 0.2) is 5.78 Å². The predicted molar refractivity (Wildman–Crippen MR) is 167 cm³/mol. The summed E-state index contributed by atoms with van der Waals surface area (Å²) in [5, 5.41) is 0. The summed E-state index contributed by atoms with van der Waals surface area (Å²) in [6.07, 6.45) is 24.3. The molecule has 0 amide bonds. The maximum absolute atomic E-state index is 13.2. The molecule has 3 nitrogen and oxygen atoms in total. The molecule has 226 valence electrons. The zero-order valence-electron chi connectivity index (χ0n) is 26.1. The van der Waals surface area contributed by atoms with Crippen LogP contribution in [-0.4, -0.2) is 30.6 Å². The molecular formula is C36H58INO2. The SMILES string of the molecule is CCCCCCCCCCCCCCCCCC(CCC)[N+](C)(C)Oc1ccccc1C(=O)c1ccccc1.[I-]. The van der Waals surface area contributed by atoms with Crippen LogP contribution in [0.5, 0.6) is 5.75 Å². The molecule has 1 unspecified atom stereocenters. The zero-order chi connectivity index (χ0) is 28.2. The van der Waals surface area contributed by atoms with Crippen LogP contribution in [0.1, 0.15) is 145 Å². The molecule has 40 heavy (non-hydrogen) atoms. The van der Waals surface area contributed by atoms with E-state index in [1.165, 1.54) is 96.3 Å². The normalized spacial score (nSPS) is 12.1. The lowest BCUT2D eigenvalue weighted by atomic mass is 10.0. The average molecular weight is 664 g/mol. The van der Waals surface area contributed by atoms with Crippen molar-refractivity contribution in [3.8, 4) is 5.75 Å². The minimum atomic E-state index is 0. The van der Waals surface area contributed by atoms with Crippen molar-refractivity contribution in [3.05, 3.63) is 65.7 Å². The smallest absolute Gasteiger partial charge is 0.201 e. The number of hydrogen-bond donors (Lipinski definition) is 0. The molecule has 0 fully saturated rings. The van der Waals surface area contributed by atoms with Crippen LogP contribution in [0.3, 0.4) is 0 Å². The van der Waals surface area contributed by atoms with Gasteiger partial charge in [0.2, 0.25) is 5.75 Å². The summed E-state index contributed by atoms with van der Waals surface area (Å²) in [4.78, 5) is 19.8. The molecule has 0 aliphatic heterocycles. The van der Waals surface area contributed by atoms with Crippen LogP contribution in [0.2, 0.25) is 0 Å². The Morgan fingerprint density at radius 2 is 1.10 bits per heavy atom. The Balaban J connectivity index is 0.00000800. The molecule has 0 bridgehead atoms. The van der Waals surface area contributed by atoms with Gasteiger partial charge in [-0.1, -0.05) is 153 Å². The largest absolute Gasteiger partial charge is 1.00 e. The molecule has 4 heteroatoms. The number of quaternary nitrogens is 1. The van der Waals surface area contributed by atoms with Crippen LogP contribution in [0.25, 0.3) is 0 Å². The first-order valence-corrected chi connectivity index (χ1v) is 16.2. The van der Waals surface area contributed by atoms with Gasteiger partial charge in [-0.25, -0.2) is 0 Å². The molecule has 1 atom stereocenters. The second-order valence-corrected chi connectivity index (χ2v) is 11.9. The van der Waals surface area contributed by atoms with Gasteiger partial charge in [0.05, 0.1) is 5.56 Å². The van der Waals surface area contributed by atoms with Crippen LogP contribution in [0.15, 0.2) is 54.6 Å². The topological polar surface area (TPSA) is 26.3 Å². The van der Waals surface area contributed by atoms with Crippen LogP contribution in [0, 0.1) is 0 Å². The second-order valence-electron chi connectivity index (χ2n) is 11.9. The van der Waals surface area contributed by atoms with Crippen molar-refractivity contribution < 1.29 is 38.3 Å². The first-order valence-electron chi connectivity index (χ1n) is 16.2. The Bertz CT molecular complexity index is 899. The van der Waals surface area contributed by atoms with Gasteiger partial charge in [0.1, 0.15) is 20.1 Å². The maximum atomic E-state index is 13.2. The number of rotatable bonds is 23. The van der Waals surface area contributed by atoms with Gasteiger partial charge in [-0.05, 0) is 18.6 Å². The molecule has 0 spiro atoms.